The van der Waals surface area contributed by atoms with Gasteiger partial charge >= 0.3 is 5.97 Å². The number of fused-ring (bicyclic) bond motifs is 1. The van der Waals surface area contributed by atoms with Crippen LogP contribution in [0.5, 0.6) is 0 Å². The van der Waals surface area contributed by atoms with E-state index in [-0.39, 0.29) is 23.6 Å². The van der Waals surface area contributed by atoms with Crippen molar-refractivity contribution in [1.29, 1.82) is 0 Å². The van der Waals surface area contributed by atoms with Crippen LogP contribution in [-0.4, -0.2) is 55.3 Å². The first-order valence-corrected chi connectivity index (χ1v) is 9.49. The van der Waals surface area contributed by atoms with E-state index in [0.29, 0.717) is 5.33 Å². The molecule has 4 atom stereocenters. The minimum absolute atomic E-state index is 0.195. The first kappa shape index (κ1) is 17.3. The van der Waals surface area contributed by atoms with Crippen molar-refractivity contribution in [3.63, 3.8) is 0 Å². The van der Waals surface area contributed by atoms with Gasteiger partial charge in [0.05, 0.1) is 11.2 Å². The molecule has 0 saturated carbocycles. The van der Waals surface area contributed by atoms with E-state index in [4.69, 9.17) is 0 Å². The van der Waals surface area contributed by atoms with Crippen LogP contribution in [0.15, 0.2) is 30.3 Å². The molecule has 2 fully saturated rings. The van der Waals surface area contributed by atoms with E-state index in [1.54, 1.807) is 0 Å². The van der Waals surface area contributed by atoms with Crippen molar-refractivity contribution in [3.8, 4) is 0 Å². The van der Waals surface area contributed by atoms with Crippen molar-refractivity contribution in [2.24, 2.45) is 0 Å². The molecule has 2 aliphatic rings. The number of carbonyl (C=O) groups is 3. The summed E-state index contributed by atoms with van der Waals surface area (Å²) in [7, 11) is 0. The van der Waals surface area contributed by atoms with Gasteiger partial charge in [0.25, 0.3) is 0 Å². The number of carbonyl (C=O) groups excluding carboxylic acids is 2. The highest BCUT2D eigenvalue weighted by Crippen LogP contribution is 2.51. The van der Waals surface area contributed by atoms with Gasteiger partial charge in [-0.2, -0.15) is 0 Å². The van der Waals surface area contributed by atoms with Gasteiger partial charge in [-0.05, 0) is 12.5 Å². The minimum atomic E-state index is -1.02. The second-order valence-electron chi connectivity index (χ2n) is 6.15. The van der Waals surface area contributed by atoms with Gasteiger partial charge in [0, 0.05) is 5.33 Å². The van der Waals surface area contributed by atoms with Crippen molar-refractivity contribution in [1.82, 2.24) is 10.2 Å². The Balaban J connectivity index is 1.69. The highest BCUT2D eigenvalue weighted by molar-refractivity contribution is 9.09. The first-order chi connectivity index (χ1) is 11.4. The molecular formula is C16H17BrN2O4S. The smallest absolute Gasteiger partial charge is 0.327 e. The Labute approximate surface area is 152 Å². The van der Waals surface area contributed by atoms with Crippen LogP contribution in [-0.2, 0) is 20.8 Å². The van der Waals surface area contributed by atoms with Gasteiger partial charge in [-0.25, -0.2) is 4.79 Å². The molecule has 2 N–H and O–H groups in total. The summed E-state index contributed by atoms with van der Waals surface area (Å²) in [6, 6.07) is 7.73. The molecule has 1 aromatic rings. The molecule has 8 heteroatoms. The molecule has 24 heavy (non-hydrogen) atoms. The maximum atomic E-state index is 12.4. The summed E-state index contributed by atoms with van der Waals surface area (Å²) in [5.74, 6) is -1.58. The van der Waals surface area contributed by atoms with Crippen LogP contribution >= 0.6 is 27.7 Å². The van der Waals surface area contributed by atoms with E-state index < -0.39 is 22.8 Å². The molecule has 2 aliphatic heterocycles. The summed E-state index contributed by atoms with van der Waals surface area (Å²) in [4.78, 5) is 37.5. The van der Waals surface area contributed by atoms with Gasteiger partial charge in [0.15, 0.2) is 0 Å². The topological polar surface area (TPSA) is 86.7 Å². The van der Waals surface area contributed by atoms with E-state index in [2.05, 4.69) is 21.2 Å². The summed E-state index contributed by atoms with van der Waals surface area (Å²) in [6.07, 6.45) is 0.195. The highest BCUT2D eigenvalue weighted by atomic mass is 79.9. The molecule has 2 amide bonds. The third-order valence-corrected chi connectivity index (χ3v) is 7.53. The number of β-lactam (4-membered cyclic amide) rings is 1. The van der Waals surface area contributed by atoms with Gasteiger partial charge in [-0.1, -0.05) is 46.3 Å². The van der Waals surface area contributed by atoms with Crippen LogP contribution in [0.4, 0.5) is 0 Å². The fourth-order valence-corrected chi connectivity index (χ4v) is 5.46. The molecule has 6 nitrogen and oxygen atoms in total. The number of hydrogen-bond donors (Lipinski definition) is 2. The molecule has 0 radical (unpaired) electrons. The number of amides is 2. The molecular weight excluding hydrogens is 396 g/mol. The molecule has 2 saturated heterocycles. The van der Waals surface area contributed by atoms with Gasteiger partial charge in [-0.3, -0.25) is 9.59 Å². The van der Waals surface area contributed by atoms with Crippen molar-refractivity contribution >= 4 is 45.5 Å². The summed E-state index contributed by atoms with van der Waals surface area (Å²) in [5, 5.41) is 12.3. The summed E-state index contributed by atoms with van der Waals surface area (Å²) < 4.78 is -0.620. The summed E-state index contributed by atoms with van der Waals surface area (Å²) in [5.41, 5.74) is 0.867. The molecule has 0 aromatic heterocycles. The van der Waals surface area contributed by atoms with E-state index >= 15 is 0 Å². The molecule has 2 heterocycles. The second kappa shape index (κ2) is 6.40. The highest BCUT2D eigenvalue weighted by Gasteiger charge is 2.65. The molecule has 3 rings (SSSR count). The Hall–Kier alpha value is -1.54. The fraction of sp³-hybridized carbons (Fsp3) is 0.438. The Morgan fingerprint density at radius 1 is 1.38 bits per heavy atom. The number of carboxylic acids is 1. The number of thioether (sulfide) groups is 1. The zero-order chi connectivity index (χ0) is 17.5. The SMILES string of the molecule is CC1(CBr)SC2C(NC(=O)Cc3ccccc3)C(=O)N2C1C(=O)O. The third kappa shape index (κ3) is 2.82. The van der Waals surface area contributed by atoms with Crippen LogP contribution < -0.4 is 5.32 Å². The van der Waals surface area contributed by atoms with E-state index in [9.17, 15) is 19.5 Å². The number of aliphatic carboxylic acids is 1. The summed E-state index contributed by atoms with van der Waals surface area (Å²) >= 11 is 4.77. The minimum Gasteiger partial charge on any atom is -0.480 e. The lowest BCUT2D eigenvalue weighted by Gasteiger charge is -2.43. The van der Waals surface area contributed by atoms with Crippen LogP contribution in [0, 0.1) is 0 Å². The predicted molar refractivity (Wildman–Crippen MR) is 93.9 cm³/mol. The van der Waals surface area contributed by atoms with Gasteiger partial charge in [0.1, 0.15) is 17.5 Å². The van der Waals surface area contributed by atoms with Crippen molar-refractivity contribution in [2.45, 2.75) is 35.5 Å². The zero-order valence-electron chi connectivity index (χ0n) is 12.9. The number of rotatable bonds is 5. The molecule has 0 spiro atoms. The van der Waals surface area contributed by atoms with Gasteiger partial charge < -0.3 is 15.3 Å². The summed E-state index contributed by atoms with van der Waals surface area (Å²) in [6.45, 7) is 1.82. The predicted octanol–water partition coefficient (Wildman–Crippen LogP) is 1.24. The lowest BCUT2D eigenvalue weighted by molar-refractivity contribution is -0.161. The molecule has 0 aliphatic carbocycles. The number of carboxylic acid groups (broad SMARTS) is 1. The Morgan fingerprint density at radius 3 is 2.62 bits per heavy atom. The molecule has 128 valence electrons. The Bertz CT molecular complexity index is 686. The number of alkyl halides is 1. The normalized spacial score (nSPS) is 31.3. The van der Waals surface area contributed by atoms with E-state index in [0.717, 1.165) is 5.56 Å². The number of nitrogens with zero attached hydrogens (tertiary/aromatic N) is 1. The largest absolute Gasteiger partial charge is 0.480 e. The fourth-order valence-electron chi connectivity index (χ4n) is 3.14. The van der Waals surface area contributed by atoms with Crippen molar-refractivity contribution in [2.75, 3.05) is 5.33 Å². The van der Waals surface area contributed by atoms with Crippen LogP contribution in [0.3, 0.4) is 0 Å². The van der Waals surface area contributed by atoms with Crippen LogP contribution in [0.25, 0.3) is 0 Å². The van der Waals surface area contributed by atoms with Crippen LogP contribution in [0.2, 0.25) is 0 Å². The number of benzene rings is 1. The molecule has 0 bridgehead atoms. The third-order valence-electron chi connectivity index (χ3n) is 4.35. The maximum absolute atomic E-state index is 12.4. The lowest BCUT2D eigenvalue weighted by atomic mass is 9.96. The Kier molecular flexibility index (Phi) is 4.61. The van der Waals surface area contributed by atoms with Gasteiger partial charge in [0.2, 0.25) is 11.8 Å². The number of hydrogen-bond acceptors (Lipinski definition) is 4. The Morgan fingerprint density at radius 2 is 2.04 bits per heavy atom. The quantitative estimate of drug-likeness (QED) is 0.561. The van der Waals surface area contributed by atoms with Crippen molar-refractivity contribution < 1.29 is 19.5 Å². The van der Waals surface area contributed by atoms with E-state index in [1.165, 1.54) is 16.7 Å². The maximum Gasteiger partial charge on any atom is 0.327 e. The number of nitrogens with one attached hydrogen (secondary N) is 1. The average molecular weight is 413 g/mol. The first-order valence-electron chi connectivity index (χ1n) is 7.49. The second-order valence-corrected chi connectivity index (χ2v) is 8.36. The average Bonchev–Trinajstić information content (AvgIpc) is 2.84. The number of halogens is 1. The van der Waals surface area contributed by atoms with Crippen LogP contribution in [0.1, 0.15) is 12.5 Å². The monoisotopic (exact) mass is 412 g/mol. The zero-order valence-corrected chi connectivity index (χ0v) is 15.3. The van der Waals surface area contributed by atoms with Crippen molar-refractivity contribution in [3.05, 3.63) is 35.9 Å². The standard InChI is InChI=1S/C16H17BrN2O4S/c1-16(8-17)12(15(22)23)19-13(21)11(14(19)24-16)18-10(20)7-9-5-3-2-4-6-9/h2-6,11-12,14H,7-8H2,1H3,(H,18,20)(H,22,23). The van der Waals surface area contributed by atoms with Gasteiger partial charge in [-0.15, -0.1) is 11.8 Å². The van der Waals surface area contributed by atoms with E-state index in [1.807, 2.05) is 37.3 Å². The molecule has 1 aromatic carbocycles. The lowest BCUT2D eigenvalue weighted by Crippen LogP contribution is -2.70. The molecule has 4 unspecified atom stereocenters.